The first kappa shape index (κ1) is 22.1. The predicted octanol–water partition coefficient (Wildman–Crippen LogP) is 5.33. The van der Waals surface area contributed by atoms with Crippen molar-refractivity contribution < 1.29 is 9.59 Å². The largest absolute Gasteiger partial charge is 0.349 e. The normalized spacial score (nSPS) is 26.9. The number of carbonyl (C=O) groups excluding carboxylic acids is 2. The second-order valence-corrected chi connectivity index (χ2v) is 8.65. The molecule has 0 aromatic heterocycles. The molecule has 1 heterocycles. The minimum absolute atomic E-state index is 0.0146. The van der Waals surface area contributed by atoms with E-state index in [0.717, 1.165) is 36.8 Å². The van der Waals surface area contributed by atoms with Crippen molar-refractivity contribution in [3.8, 4) is 0 Å². The molecular formula is C26H34N2O2. The van der Waals surface area contributed by atoms with Gasteiger partial charge in [-0.1, -0.05) is 74.5 Å². The van der Waals surface area contributed by atoms with Crippen LogP contribution in [0, 0.1) is 11.8 Å². The molecule has 1 aliphatic heterocycles. The van der Waals surface area contributed by atoms with Crippen LogP contribution in [-0.4, -0.2) is 11.8 Å². The molecule has 160 valence electrons. The molecule has 1 fully saturated rings. The van der Waals surface area contributed by atoms with Crippen LogP contribution in [0.2, 0.25) is 0 Å². The average Bonchev–Trinajstić information content (AvgIpc) is 2.76. The van der Waals surface area contributed by atoms with E-state index in [9.17, 15) is 9.59 Å². The van der Waals surface area contributed by atoms with E-state index in [2.05, 4.69) is 48.7 Å². The van der Waals surface area contributed by atoms with Crippen molar-refractivity contribution in [2.24, 2.45) is 11.8 Å². The Labute approximate surface area is 180 Å². The number of rotatable bonds is 2. The van der Waals surface area contributed by atoms with Crippen molar-refractivity contribution in [2.75, 3.05) is 0 Å². The van der Waals surface area contributed by atoms with Gasteiger partial charge in [0.25, 0.3) is 0 Å². The van der Waals surface area contributed by atoms with Gasteiger partial charge in [0.15, 0.2) is 0 Å². The summed E-state index contributed by atoms with van der Waals surface area (Å²) in [5.74, 6) is 0.743. The quantitative estimate of drug-likeness (QED) is 0.708. The van der Waals surface area contributed by atoms with Gasteiger partial charge in [-0.05, 0) is 48.6 Å². The Morgan fingerprint density at radius 2 is 1.00 bits per heavy atom. The van der Waals surface area contributed by atoms with Gasteiger partial charge in [0.2, 0.25) is 11.8 Å². The van der Waals surface area contributed by atoms with Gasteiger partial charge in [-0.3, -0.25) is 9.59 Å². The van der Waals surface area contributed by atoms with Crippen molar-refractivity contribution in [1.29, 1.82) is 0 Å². The number of carbonyl (C=O) groups is 2. The van der Waals surface area contributed by atoms with Crippen LogP contribution in [0.25, 0.3) is 0 Å². The number of benzene rings is 2. The fourth-order valence-electron chi connectivity index (χ4n) is 4.42. The van der Waals surface area contributed by atoms with Crippen LogP contribution >= 0.6 is 0 Å². The van der Waals surface area contributed by atoms with Gasteiger partial charge in [-0.15, -0.1) is 0 Å². The molecule has 4 heteroatoms. The van der Waals surface area contributed by atoms with E-state index >= 15 is 0 Å². The van der Waals surface area contributed by atoms with Gasteiger partial charge in [0.1, 0.15) is 0 Å². The third kappa shape index (κ3) is 6.19. The monoisotopic (exact) mass is 406 g/mol. The van der Waals surface area contributed by atoms with Gasteiger partial charge in [-0.2, -0.15) is 0 Å². The fourth-order valence-corrected chi connectivity index (χ4v) is 4.42. The highest BCUT2D eigenvalue weighted by Gasteiger charge is 2.25. The lowest BCUT2D eigenvalue weighted by Crippen LogP contribution is -2.35. The zero-order chi connectivity index (χ0) is 21.3. The molecule has 3 rings (SSSR count). The number of nitrogens with one attached hydrogen (secondary N) is 2. The van der Waals surface area contributed by atoms with E-state index in [4.69, 9.17) is 0 Å². The van der Waals surface area contributed by atoms with Crippen molar-refractivity contribution in [1.82, 2.24) is 10.6 Å². The van der Waals surface area contributed by atoms with Crippen LogP contribution in [-0.2, 0) is 9.59 Å². The maximum Gasteiger partial charge on any atom is 0.220 e. The molecular weight excluding hydrogens is 372 g/mol. The highest BCUT2D eigenvalue weighted by Crippen LogP contribution is 2.29. The molecule has 4 nitrogen and oxygen atoms in total. The summed E-state index contributed by atoms with van der Waals surface area (Å²) in [6, 6.07) is 20.3. The van der Waals surface area contributed by atoms with Crippen molar-refractivity contribution >= 4 is 11.8 Å². The molecule has 0 spiro atoms. The zero-order valence-electron chi connectivity index (χ0n) is 18.1. The van der Waals surface area contributed by atoms with E-state index in [-0.39, 0.29) is 35.7 Å². The lowest BCUT2D eigenvalue weighted by molar-refractivity contribution is -0.124. The number of hydrogen-bond acceptors (Lipinski definition) is 2. The second-order valence-electron chi connectivity index (χ2n) is 8.65. The Morgan fingerprint density at radius 1 is 0.633 bits per heavy atom. The Hall–Kier alpha value is -2.62. The third-order valence-corrected chi connectivity index (χ3v) is 6.22. The van der Waals surface area contributed by atoms with E-state index in [0.29, 0.717) is 12.8 Å². The first-order valence-corrected chi connectivity index (χ1v) is 11.2. The highest BCUT2D eigenvalue weighted by atomic mass is 16.2. The Bertz CT molecular complexity index is 737. The van der Waals surface area contributed by atoms with Crippen molar-refractivity contribution in [2.45, 2.75) is 64.5 Å². The molecule has 1 saturated heterocycles. The molecule has 2 amide bonds. The number of hydrogen-bond donors (Lipinski definition) is 2. The van der Waals surface area contributed by atoms with Gasteiger partial charge in [0, 0.05) is 12.8 Å². The molecule has 4 atom stereocenters. The van der Waals surface area contributed by atoms with Crippen LogP contribution in [0.5, 0.6) is 0 Å². The van der Waals surface area contributed by atoms with Crippen LogP contribution in [0.3, 0.4) is 0 Å². The summed E-state index contributed by atoms with van der Waals surface area (Å²) >= 11 is 0. The Morgan fingerprint density at radius 3 is 1.37 bits per heavy atom. The first-order valence-electron chi connectivity index (χ1n) is 11.2. The topological polar surface area (TPSA) is 58.2 Å². The third-order valence-electron chi connectivity index (χ3n) is 6.22. The summed E-state index contributed by atoms with van der Waals surface area (Å²) in [6.45, 7) is 4.33. The van der Waals surface area contributed by atoms with E-state index in [1.54, 1.807) is 0 Å². The zero-order valence-corrected chi connectivity index (χ0v) is 18.1. The van der Waals surface area contributed by atoms with E-state index in [1.807, 2.05) is 36.4 Å². The molecule has 0 bridgehead atoms. The molecule has 0 radical (unpaired) electrons. The Balaban J connectivity index is 1.74. The standard InChI is InChI=1S/C26H34N2O2/c1-19-11-9-17-24(30)28-26(22-15-7-4-8-16-22)20(2)12-10-18-23(29)27-25(19)21-13-5-3-6-14-21/h3-8,13-16,19-20,25-26H,9-12,17-18H2,1-2H3,(H,27,29)(H,28,30)/t19-,20-,25+,26+/m0/s1. The lowest BCUT2D eigenvalue weighted by atomic mass is 9.88. The maximum atomic E-state index is 12.7. The molecule has 1 aliphatic rings. The summed E-state index contributed by atoms with van der Waals surface area (Å²) in [7, 11) is 0. The fraction of sp³-hybridized carbons (Fsp3) is 0.462. The van der Waals surface area contributed by atoms with Crippen molar-refractivity contribution in [3.05, 3.63) is 71.8 Å². The summed E-state index contributed by atoms with van der Waals surface area (Å²) in [5.41, 5.74) is 2.26. The molecule has 0 unspecified atom stereocenters. The molecule has 2 aromatic carbocycles. The van der Waals surface area contributed by atoms with E-state index in [1.165, 1.54) is 0 Å². The van der Waals surface area contributed by atoms with Crippen LogP contribution < -0.4 is 10.6 Å². The van der Waals surface area contributed by atoms with Crippen LogP contribution in [0.15, 0.2) is 60.7 Å². The van der Waals surface area contributed by atoms with Gasteiger partial charge >= 0.3 is 0 Å². The maximum absolute atomic E-state index is 12.7. The summed E-state index contributed by atoms with van der Waals surface area (Å²) < 4.78 is 0. The molecule has 2 N–H and O–H groups in total. The highest BCUT2D eigenvalue weighted by molar-refractivity contribution is 5.77. The first-order chi connectivity index (χ1) is 14.5. The Kier molecular flexibility index (Phi) is 8.06. The summed E-state index contributed by atoms with van der Waals surface area (Å²) in [5, 5.41) is 6.53. The summed E-state index contributed by atoms with van der Waals surface area (Å²) in [4.78, 5) is 25.4. The SMILES string of the molecule is C[C@H]1CCCC(=O)N[C@@H](c2ccccc2)[C@@H](C)CCCC(=O)N[C@H]1c1ccccc1. The van der Waals surface area contributed by atoms with Crippen LogP contribution in [0.1, 0.15) is 75.6 Å². The van der Waals surface area contributed by atoms with Gasteiger partial charge in [-0.25, -0.2) is 0 Å². The lowest BCUT2D eigenvalue weighted by Gasteiger charge is -2.28. The second kappa shape index (κ2) is 11.0. The van der Waals surface area contributed by atoms with Crippen molar-refractivity contribution in [3.63, 3.8) is 0 Å². The number of amides is 2. The summed E-state index contributed by atoms with van der Waals surface area (Å²) in [6.07, 6.45) is 4.41. The van der Waals surface area contributed by atoms with Crippen LogP contribution in [0.4, 0.5) is 0 Å². The smallest absolute Gasteiger partial charge is 0.220 e. The molecule has 0 aliphatic carbocycles. The minimum Gasteiger partial charge on any atom is -0.349 e. The molecule has 30 heavy (non-hydrogen) atoms. The predicted molar refractivity (Wildman–Crippen MR) is 121 cm³/mol. The minimum atomic E-state index is -0.0146. The molecule has 2 aromatic rings. The average molecular weight is 407 g/mol. The van der Waals surface area contributed by atoms with Gasteiger partial charge in [0.05, 0.1) is 12.1 Å². The van der Waals surface area contributed by atoms with E-state index < -0.39 is 0 Å². The molecule has 0 saturated carbocycles. The van der Waals surface area contributed by atoms with Gasteiger partial charge < -0.3 is 10.6 Å².